The van der Waals surface area contributed by atoms with Crippen molar-refractivity contribution in [2.45, 2.75) is 0 Å². The van der Waals surface area contributed by atoms with Gasteiger partial charge in [0.05, 0.1) is 7.11 Å². The van der Waals surface area contributed by atoms with Crippen LogP contribution in [0.15, 0.2) is 91.3 Å². The number of hydrogen-bond acceptors (Lipinski definition) is 5. The maximum Gasteiger partial charge on any atom is 0.247 e. The lowest BCUT2D eigenvalue weighted by molar-refractivity contribution is 0.415. The van der Waals surface area contributed by atoms with Crippen LogP contribution in [0.5, 0.6) is 5.75 Å². The van der Waals surface area contributed by atoms with Crippen molar-refractivity contribution in [1.82, 2.24) is 19.6 Å². The monoisotopic (exact) mass is 393 g/mol. The number of ether oxygens (including phenoxy) is 1. The van der Waals surface area contributed by atoms with Crippen molar-refractivity contribution >= 4 is 17.3 Å². The first-order chi connectivity index (χ1) is 14.8. The summed E-state index contributed by atoms with van der Waals surface area (Å²) in [7, 11) is 1.65. The molecule has 5 rings (SSSR count). The van der Waals surface area contributed by atoms with Crippen LogP contribution in [0.2, 0.25) is 0 Å². The van der Waals surface area contributed by atoms with Crippen LogP contribution in [0.25, 0.3) is 28.0 Å². The molecule has 0 fully saturated rings. The number of hydrogen-bond donors (Lipinski definition) is 1. The van der Waals surface area contributed by atoms with Crippen molar-refractivity contribution < 1.29 is 4.74 Å². The van der Waals surface area contributed by atoms with Gasteiger partial charge in [-0.1, -0.05) is 54.6 Å². The number of fused-ring (bicyclic) bond motifs is 1. The molecule has 0 aliphatic carbocycles. The third-order valence-electron chi connectivity index (χ3n) is 4.87. The van der Waals surface area contributed by atoms with E-state index in [0.29, 0.717) is 11.6 Å². The van der Waals surface area contributed by atoms with Crippen LogP contribution in [-0.4, -0.2) is 26.7 Å². The summed E-state index contributed by atoms with van der Waals surface area (Å²) in [5.41, 5.74) is 5.60. The van der Waals surface area contributed by atoms with Gasteiger partial charge in [-0.25, -0.2) is 4.52 Å². The highest BCUT2D eigenvalue weighted by Crippen LogP contribution is 2.32. The van der Waals surface area contributed by atoms with E-state index in [9.17, 15) is 0 Å². The molecule has 6 heteroatoms. The molecule has 5 aromatic rings. The minimum Gasteiger partial charge on any atom is -0.497 e. The molecule has 3 aromatic carbocycles. The molecule has 0 saturated heterocycles. The minimum atomic E-state index is 0.506. The quantitative estimate of drug-likeness (QED) is 0.444. The fraction of sp³-hybridized carbons (Fsp3) is 0.0417. The number of nitrogens with one attached hydrogen (secondary N) is 1. The number of benzene rings is 3. The van der Waals surface area contributed by atoms with Gasteiger partial charge in [-0.2, -0.15) is 4.98 Å². The van der Waals surface area contributed by atoms with Gasteiger partial charge in [-0.05, 0) is 35.4 Å². The smallest absolute Gasteiger partial charge is 0.247 e. The number of aromatic nitrogens is 4. The number of nitrogens with zero attached hydrogens (tertiary/aromatic N) is 4. The van der Waals surface area contributed by atoms with Crippen LogP contribution >= 0.6 is 0 Å². The maximum atomic E-state index is 5.21. The Kier molecular flexibility index (Phi) is 4.57. The zero-order chi connectivity index (χ0) is 20.3. The van der Waals surface area contributed by atoms with Crippen LogP contribution in [0.4, 0.5) is 11.6 Å². The lowest BCUT2D eigenvalue weighted by Crippen LogP contribution is -1.95. The normalized spacial score (nSPS) is 10.8. The Morgan fingerprint density at radius 1 is 0.833 bits per heavy atom. The highest BCUT2D eigenvalue weighted by atomic mass is 16.5. The van der Waals surface area contributed by atoms with Gasteiger partial charge in [0.25, 0.3) is 0 Å². The largest absolute Gasteiger partial charge is 0.497 e. The molecule has 0 atom stereocenters. The van der Waals surface area contributed by atoms with Gasteiger partial charge in [0.1, 0.15) is 11.4 Å². The van der Waals surface area contributed by atoms with Crippen molar-refractivity contribution in [3.05, 3.63) is 91.3 Å². The van der Waals surface area contributed by atoms with Crippen LogP contribution in [0.3, 0.4) is 0 Å². The van der Waals surface area contributed by atoms with E-state index in [-0.39, 0.29) is 0 Å². The summed E-state index contributed by atoms with van der Waals surface area (Å²) in [6.07, 6.45) is 3.55. The molecular formula is C24H19N5O. The summed E-state index contributed by atoms with van der Waals surface area (Å²) >= 11 is 0. The molecule has 2 heterocycles. The molecular weight excluding hydrogens is 374 g/mol. The van der Waals surface area contributed by atoms with E-state index in [1.165, 1.54) is 0 Å². The fourth-order valence-electron chi connectivity index (χ4n) is 3.42. The molecule has 30 heavy (non-hydrogen) atoms. The van der Waals surface area contributed by atoms with Crippen LogP contribution in [0, 0.1) is 0 Å². The van der Waals surface area contributed by atoms with Gasteiger partial charge < -0.3 is 10.1 Å². The predicted octanol–water partition coefficient (Wildman–Crippen LogP) is 5.21. The van der Waals surface area contributed by atoms with Gasteiger partial charge in [-0.15, -0.1) is 5.10 Å². The zero-order valence-corrected chi connectivity index (χ0v) is 16.4. The lowest BCUT2D eigenvalue weighted by atomic mass is 9.98. The van der Waals surface area contributed by atoms with Crippen LogP contribution in [-0.2, 0) is 0 Å². The zero-order valence-electron chi connectivity index (χ0n) is 16.4. The topological polar surface area (TPSA) is 64.3 Å². The second-order valence-electron chi connectivity index (χ2n) is 6.74. The van der Waals surface area contributed by atoms with E-state index in [1.54, 1.807) is 24.0 Å². The average Bonchev–Trinajstić information content (AvgIpc) is 3.23. The summed E-state index contributed by atoms with van der Waals surface area (Å²) in [6.45, 7) is 0. The molecule has 0 amide bonds. The molecule has 0 aliphatic rings. The Morgan fingerprint density at radius 3 is 2.33 bits per heavy atom. The van der Waals surface area contributed by atoms with Crippen LogP contribution < -0.4 is 10.1 Å². The van der Waals surface area contributed by atoms with Crippen molar-refractivity contribution in [2.75, 3.05) is 12.4 Å². The first kappa shape index (κ1) is 17.9. The van der Waals surface area contributed by atoms with Gasteiger partial charge in [0, 0.05) is 23.6 Å². The Hall–Kier alpha value is -4.19. The number of anilines is 2. The first-order valence-electron chi connectivity index (χ1n) is 9.59. The molecule has 0 saturated carbocycles. The van der Waals surface area contributed by atoms with Crippen molar-refractivity contribution in [2.24, 2.45) is 0 Å². The number of methoxy groups -OCH3 is 1. The van der Waals surface area contributed by atoms with Crippen molar-refractivity contribution in [1.29, 1.82) is 0 Å². The highest BCUT2D eigenvalue weighted by molar-refractivity contribution is 5.87. The molecule has 0 radical (unpaired) electrons. The Morgan fingerprint density at radius 2 is 1.57 bits per heavy atom. The predicted molar refractivity (Wildman–Crippen MR) is 118 cm³/mol. The summed E-state index contributed by atoms with van der Waals surface area (Å²) in [6, 6.07) is 26.1. The Labute approximate surface area is 173 Å². The summed E-state index contributed by atoms with van der Waals surface area (Å²) in [4.78, 5) is 9.35. The van der Waals surface area contributed by atoms with Gasteiger partial charge >= 0.3 is 0 Å². The molecule has 0 spiro atoms. The fourth-order valence-corrected chi connectivity index (χ4v) is 3.42. The second kappa shape index (κ2) is 7.67. The lowest BCUT2D eigenvalue weighted by Gasteiger charge is -2.09. The van der Waals surface area contributed by atoms with Crippen LogP contribution in [0.1, 0.15) is 0 Å². The molecule has 146 valence electrons. The van der Waals surface area contributed by atoms with E-state index < -0.39 is 0 Å². The summed E-state index contributed by atoms with van der Waals surface area (Å²) < 4.78 is 6.95. The van der Waals surface area contributed by atoms with E-state index in [4.69, 9.17) is 9.72 Å². The van der Waals surface area contributed by atoms with Crippen molar-refractivity contribution in [3.8, 4) is 28.1 Å². The molecule has 6 nitrogen and oxygen atoms in total. The van der Waals surface area contributed by atoms with Gasteiger partial charge in [0.2, 0.25) is 5.95 Å². The SMILES string of the molecule is COc1ccc(Nc2nc3c(-c4ccccc4-c4ccccc4)nccn3n2)cc1. The van der Waals surface area contributed by atoms with E-state index in [1.807, 2.05) is 54.6 Å². The Balaban J connectivity index is 1.57. The van der Waals surface area contributed by atoms with Crippen molar-refractivity contribution in [3.63, 3.8) is 0 Å². The summed E-state index contributed by atoms with van der Waals surface area (Å²) in [5.74, 6) is 1.30. The molecule has 0 bridgehead atoms. The van der Waals surface area contributed by atoms with E-state index >= 15 is 0 Å². The summed E-state index contributed by atoms with van der Waals surface area (Å²) in [5, 5.41) is 7.81. The van der Waals surface area contributed by atoms with E-state index in [2.05, 4.69) is 39.7 Å². The molecule has 2 aromatic heterocycles. The second-order valence-corrected chi connectivity index (χ2v) is 6.74. The number of rotatable bonds is 5. The molecule has 0 aliphatic heterocycles. The standard InChI is InChI=1S/C24H19N5O/c1-30-19-13-11-18(12-14-19)26-24-27-23-22(25-15-16-29(23)28-24)21-10-6-5-9-20(21)17-7-3-2-4-8-17/h2-16H,1H3,(H,26,28). The Bertz CT molecular complexity index is 1300. The molecule has 0 unspecified atom stereocenters. The van der Waals surface area contributed by atoms with E-state index in [0.717, 1.165) is 33.8 Å². The maximum absolute atomic E-state index is 5.21. The average molecular weight is 393 g/mol. The minimum absolute atomic E-state index is 0.506. The first-order valence-corrected chi connectivity index (χ1v) is 9.59. The highest BCUT2D eigenvalue weighted by Gasteiger charge is 2.15. The van der Waals surface area contributed by atoms with Gasteiger partial charge in [-0.3, -0.25) is 4.98 Å². The third kappa shape index (κ3) is 3.35. The molecule has 1 N–H and O–H groups in total. The van der Waals surface area contributed by atoms with Gasteiger partial charge in [0.15, 0.2) is 5.65 Å². The third-order valence-corrected chi connectivity index (χ3v) is 4.87.